The molecule has 1 aromatic carbocycles. The number of carbonyl (C=O) groups excluding carboxylic acids is 2. The van der Waals surface area contributed by atoms with Crippen LogP contribution in [-0.2, 0) is 9.59 Å². The summed E-state index contributed by atoms with van der Waals surface area (Å²) in [6.45, 7) is 1.46. The Morgan fingerprint density at radius 2 is 1.76 bits per heavy atom. The summed E-state index contributed by atoms with van der Waals surface area (Å²) in [6.07, 6.45) is 0.193. The van der Waals surface area contributed by atoms with E-state index in [0.29, 0.717) is 0 Å². The van der Waals surface area contributed by atoms with E-state index in [-0.39, 0.29) is 24.3 Å². The van der Waals surface area contributed by atoms with Crippen LogP contribution < -0.4 is 10.6 Å². The lowest BCUT2D eigenvalue weighted by atomic mass is 10.1. The van der Waals surface area contributed by atoms with Crippen LogP contribution in [0.3, 0.4) is 0 Å². The van der Waals surface area contributed by atoms with Crippen molar-refractivity contribution < 1.29 is 9.59 Å². The highest BCUT2D eigenvalue weighted by Crippen LogP contribution is 2.32. The SMILES string of the molecule is CC(=O)NC(CC(=O)Nc1ccccc1-c1cccs1)c1cccs1. The number of benzene rings is 1. The van der Waals surface area contributed by atoms with E-state index in [2.05, 4.69) is 10.6 Å². The summed E-state index contributed by atoms with van der Waals surface area (Å²) in [5.41, 5.74) is 1.78. The topological polar surface area (TPSA) is 58.2 Å². The minimum Gasteiger partial charge on any atom is -0.348 e. The molecule has 0 spiro atoms. The molecule has 1 atom stereocenters. The van der Waals surface area contributed by atoms with Crippen molar-refractivity contribution in [3.05, 3.63) is 64.2 Å². The van der Waals surface area contributed by atoms with Crippen molar-refractivity contribution in [1.82, 2.24) is 5.32 Å². The number of nitrogens with one attached hydrogen (secondary N) is 2. The Balaban J connectivity index is 1.75. The Morgan fingerprint density at radius 3 is 2.44 bits per heavy atom. The molecule has 0 aliphatic heterocycles. The zero-order valence-electron chi connectivity index (χ0n) is 13.7. The molecule has 2 heterocycles. The second-order valence-electron chi connectivity index (χ2n) is 5.54. The molecule has 3 rings (SSSR count). The van der Waals surface area contributed by atoms with Crippen molar-refractivity contribution in [3.8, 4) is 10.4 Å². The van der Waals surface area contributed by atoms with Crippen molar-refractivity contribution in [2.45, 2.75) is 19.4 Å². The molecule has 0 saturated heterocycles. The van der Waals surface area contributed by atoms with E-state index >= 15 is 0 Å². The summed E-state index contributed by atoms with van der Waals surface area (Å²) in [5.74, 6) is -0.277. The highest BCUT2D eigenvalue weighted by atomic mass is 32.1. The van der Waals surface area contributed by atoms with E-state index in [0.717, 1.165) is 21.0 Å². The standard InChI is InChI=1S/C19H18N2O2S2/c1-13(22)20-16(18-9-5-11-25-18)12-19(23)21-15-7-3-2-6-14(15)17-8-4-10-24-17/h2-11,16H,12H2,1H3,(H,20,22)(H,21,23). The van der Waals surface area contributed by atoms with Gasteiger partial charge in [-0.3, -0.25) is 9.59 Å². The molecular weight excluding hydrogens is 352 g/mol. The smallest absolute Gasteiger partial charge is 0.226 e. The molecule has 0 aliphatic rings. The largest absolute Gasteiger partial charge is 0.348 e. The van der Waals surface area contributed by atoms with Gasteiger partial charge in [0.15, 0.2) is 0 Å². The molecule has 128 valence electrons. The van der Waals surface area contributed by atoms with Crippen LogP contribution in [0, 0.1) is 0 Å². The first kappa shape index (κ1) is 17.4. The molecule has 0 radical (unpaired) electrons. The van der Waals surface area contributed by atoms with E-state index < -0.39 is 0 Å². The summed E-state index contributed by atoms with van der Waals surface area (Å²) < 4.78 is 0. The first-order chi connectivity index (χ1) is 12.1. The van der Waals surface area contributed by atoms with Crippen LogP contribution in [0.2, 0.25) is 0 Å². The molecule has 0 fully saturated rings. The van der Waals surface area contributed by atoms with Gasteiger partial charge in [-0.15, -0.1) is 22.7 Å². The van der Waals surface area contributed by atoms with E-state index in [9.17, 15) is 9.59 Å². The number of anilines is 1. The van der Waals surface area contributed by atoms with Gasteiger partial charge in [0.2, 0.25) is 11.8 Å². The van der Waals surface area contributed by atoms with Crippen LogP contribution in [0.5, 0.6) is 0 Å². The van der Waals surface area contributed by atoms with Gasteiger partial charge in [0.1, 0.15) is 0 Å². The minimum absolute atomic E-state index is 0.129. The lowest BCUT2D eigenvalue weighted by Gasteiger charge is -2.17. The predicted molar refractivity (Wildman–Crippen MR) is 104 cm³/mol. The first-order valence-corrected chi connectivity index (χ1v) is 9.62. The molecule has 3 aromatic rings. The molecule has 6 heteroatoms. The fourth-order valence-corrected chi connectivity index (χ4v) is 4.13. The fraction of sp³-hybridized carbons (Fsp3) is 0.158. The maximum atomic E-state index is 12.6. The minimum atomic E-state index is -0.314. The molecule has 1 unspecified atom stereocenters. The molecule has 4 nitrogen and oxygen atoms in total. The molecule has 0 aliphatic carbocycles. The normalized spacial score (nSPS) is 11.7. The predicted octanol–water partition coefficient (Wildman–Crippen LogP) is 4.68. The van der Waals surface area contributed by atoms with Crippen molar-refractivity contribution in [2.75, 3.05) is 5.32 Å². The third-order valence-electron chi connectivity index (χ3n) is 3.64. The van der Waals surface area contributed by atoms with Crippen molar-refractivity contribution in [3.63, 3.8) is 0 Å². The monoisotopic (exact) mass is 370 g/mol. The van der Waals surface area contributed by atoms with E-state index in [1.54, 1.807) is 11.3 Å². The molecule has 0 bridgehead atoms. The highest BCUT2D eigenvalue weighted by Gasteiger charge is 2.19. The molecule has 0 saturated carbocycles. The molecule has 2 amide bonds. The van der Waals surface area contributed by atoms with Crippen LogP contribution in [0.4, 0.5) is 5.69 Å². The lowest BCUT2D eigenvalue weighted by Crippen LogP contribution is -2.29. The number of hydrogen-bond acceptors (Lipinski definition) is 4. The third kappa shape index (κ3) is 4.55. The van der Waals surface area contributed by atoms with Gasteiger partial charge in [0.25, 0.3) is 0 Å². The van der Waals surface area contributed by atoms with Crippen LogP contribution in [0.15, 0.2) is 59.3 Å². The van der Waals surface area contributed by atoms with Crippen LogP contribution in [0.25, 0.3) is 10.4 Å². The molecule has 2 aromatic heterocycles. The third-order valence-corrected chi connectivity index (χ3v) is 5.53. The van der Waals surface area contributed by atoms with Gasteiger partial charge < -0.3 is 10.6 Å². The Labute approximate surface area is 154 Å². The van der Waals surface area contributed by atoms with Gasteiger partial charge in [-0.05, 0) is 29.0 Å². The Morgan fingerprint density at radius 1 is 1.00 bits per heavy atom. The van der Waals surface area contributed by atoms with Gasteiger partial charge >= 0.3 is 0 Å². The molecule has 2 N–H and O–H groups in total. The van der Waals surface area contributed by atoms with Crippen molar-refractivity contribution in [1.29, 1.82) is 0 Å². The van der Waals surface area contributed by atoms with Crippen LogP contribution in [0.1, 0.15) is 24.3 Å². The second kappa shape index (κ2) is 8.09. The van der Waals surface area contributed by atoms with Gasteiger partial charge in [-0.25, -0.2) is 0 Å². The summed E-state index contributed by atoms with van der Waals surface area (Å²) in [6, 6.07) is 15.3. The average Bonchev–Trinajstić information content (AvgIpc) is 3.28. The zero-order valence-corrected chi connectivity index (χ0v) is 15.3. The summed E-state index contributed by atoms with van der Waals surface area (Å²) in [4.78, 5) is 26.1. The van der Waals surface area contributed by atoms with Gasteiger partial charge in [0, 0.05) is 27.9 Å². The number of thiophene rings is 2. The first-order valence-electron chi connectivity index (χ1n) is 7.87. The number of rotatable bonds is 6. The number of carbonyl (C=O) groups is 2. The summed E-state index contributed by atoms with van der Waals surface area (Å²) in [5, 5.41) is 9.79. The van der Waals surface area contributed by atoms with Gasteiger partial charge in [0.05, 0.1) is 12.5 Å². The summed E-state index contributed by atoms with van der Waals surface area (Å²) >= 11 is 3.16. The number of amides is 2. The number of hydrogen-bond donors (Lipinski definition) is 2. The maximum absolute atomic E-state index is 12.6. The second-order valence-corrected chi connectivity index (χ2v) is 7.47. The quantitative estimate of drug-likeness (QED) is 0.662. The maximum Gasteiger partial charge on any atom is 0.226 e. The molecular formula is C19H18N2O2S2. The van der Waals surface area contributed by atoms with E-state index in [1.807, 2.05) is 59.3 Å². The van der Waals surface area contributed by atoms with E-state index in [4.69, 9.17) is 0 Å². The van der Waals surface area contributed by atoms with Crippen LogP contribution >= 0.6 is 22.7 Å². The Hall–Kier alpha value is -2.44. The summed E-state index contributed by atoms with van der Waals surface area (Å²) in [7, 11) is 0. The van der Waals surface area contributed by atoms with Gasteiger partial charge in [-0.1, -0.05) is 30.3 Å². The van der Waals surface area contributed by atoms with Gasteiger partial charge in [-0.2, -0.15) is 0 Å². The van der Waals surface area contributed by atoms with E-state index in [1.165, 1.54) is 18.3 Å². The Bertz CT molecular complexity index is 842. The molecule has 25 heavy (non-hydrogen) atoms. The zero-order chi connectivity index (χ0) is 17.6. The average molecular weight is 370 g/mol. The lowest BCUT2D eigenvalue weighted by molar-refractivity contribution is -0.120. The Kier molecular flexibility index (Phi) is 5.63. The highest BCUT2D eigenvalue weighted by molar-refractivity contribution is 7.13. The number of para-hydroxylation sites is 1. The van der Waals surface area contributed by atoms with Crippen molar-refractivity contribution in [2.24, 2.45) is 0 Å². The van der Waals surface area contributed by atoms with Crippen molar-refractivity contribution >= 4 is 40.2 Å². The van der Waals surface area contributed by atoms with Crippen LogP contribution in [-0.4, -0.2) is 11.8 Å². The fourth-order valence-electron chi connectivity index (χ4n) is 2.58.